The molecular weight excluding hydrogens is 1250 g/mol. The maximum absolute atomic E-state index is 14.6. The first-order valence-electron chi connectivity index (χ1n) is 24.9. The minimum atomic E-state index is -5.80. The molecule has 2 atom stereocenters. The Morgan fingerprint density at radius 2 is 1.19 bits per heavy atom. The van der Waals surface area contributed by atoms with Gasteiger partial charge in [-0.2, -0.15) is 59.3 Å². The summed E-state index contributed by atoms with van der Waals surface area (Å²) in [5.74, 6) is -14.0. The van der Waals surface area contributed by atoms with Crippen molar-refractivity contribution in [2.24, 2.45) is 0 Å². The number of carbonyl (C=O) groups excluding carboxylic acids is 1. The Bertz CT molecular complexity index is 4390. The van der Waals surface area contributed by atoms with Crippen LogP contribution < -0.4 is 9.64 Å². The number of fused-ring (bicyclic) bond motifs is 4. The molecular formula is C53H55F4NO21S6. The van der Waals surface area contributed by atoms with Gasteiger partial charge >= 0.3 is 16.1 Å². The molecule has 0 bridgehead atoms. The Balaban J connectivity index is 1.38. The van der Waals surface area contributed by atoms with E-state index in [9.17, 15) is 95.6 Å². The zero-order valence-electron chi connectivity index (χ0n) is 45.2. The second-order valence-electron chi connectivity index (χ2n) is 20.0. The number of rotatable bonds is 25. The zero-order chi connectivity index (χ0) is 63.8. The summed E-state index contributed by atoms with van der Waals surface area (Å²) in [4.78, 5) is 8.64. The monoisotopic (exact) mass is 1310 g/mol. The molecule has 6 N–H and O–H groups in total. The van der Waals surface area contributed by atoms with Crippen LogP contribution in [0.25, 0.3) is 21.5 Å². The Hall–Kier alpha value is -6.27. The van der Waals surface area contributed by atoms with Crippen molar-refractivity contribution in [1.29, 1.82) is 0 Å². The van der Waals surface area contributed by atoms with Gasteiger partial charge < -0.3 is 14.4 Å². The Morgan fingerprint density at radius 3 is 1.72 bits per heavy atom. The number of anilines is 1. The van der Waals surface area contributed by atoms with Crippen LogP contribution in [0.2, 0.25) is 0 Å². The summed E-state index contributed by atoms with van der Waals surface area (Å²) >= 11 is 0. The minimum absolute atomic E-state index is 0.0254. The normalized spacial score (nSPS) is 16.8. The lowest BCUT2D eigenvalue weighted by atomic mass is 9.70. The van der Waals surface area contributed by atoms with Crippen LogP contribution in [0.15, 0.2) is 133 Å². The van der Waals surface area contributed by atoms with Crippen LogP contribution in [0.1, 0.15) is 75.5 Å². The summed E-state index contributed by atoms with van der Waals surface area (Å²) in [6.45, 7) is 9.21. The van der Waals surface area contributed by atoms with Crippen LogP contribution >= 0.6 is 0 Å². The van der Waals surface area contributed by atoms with Crippen LogP contribution in [-0.2, 0) is 81.1 Å². The first kappa shape index (κ1) is 67.9. The Kier molecular flexibility index (Phi) is 20.1. The number of hydrogen-bond acceptors (Lipinski definition) is 16. The van der Waals surface area contributed by atoms with E-state index in [-0.39, 0.29) is 84.4 Å². The summed E-state index contributed by atoms with van der Waals surface area (Å²) in [6, 6.07) is 8.76. The Morgan fingerprint density at radius 1 is 0.659 bits per heavy atom. The lowest BCUT2D eigenvalue weighted by Crippen LogP contribution is -2.30. The van der Waals surface area contributed by atoms with Gasteiger partial charge in [-0.3, -0.25) is 32.1 Å². The van der Waals surface area contributed by atoms with Gasteiger partial charge in [-0.1, -0.05) is 74.6 Å². The standard InChI is InChI=1S/C53H55F4NO21S6/c1-31-18-19-35-37(27-33(81(63,64)65)29-40(35)83(69,70)71)44(31)52(3,22-14-26-80(60,61)62)32(2)15-10-7-6-8-11-16-42-53(4,23-25-78-5)45-38-28-34(82(66,67)68)30-41(84(72,73)74)36(38)20-21-39(45)58(42)24-13-9-12-17-43(59)79-50-46(54)48(56)51(85(75,76)77)49(57)47(50)55/h6-8,10-11,15-16,18-21,27-30H,2,9,12-14,17,22-26H2,1,3-5H3,(H,60,61,62)(H,63,64,65)(H,66,67,68)(H,69,70,71)(H,72,73,74)(H,75,76,77)/b7-6+,11-8+,15-10+,42-16+. The molecule has 5 aromatic rings. The molecule has 0 radical (unpaired) electrons. The topological polar surface area (TPSA) is 365 Å². The molecule has 1 aliphatic heterocycles. The molecule has 22 nitrogen and oxygen atoms in total. The maximum atomic E-state index is 14.6. The van der Waals surface area contributed by atoms with E-state index in [1.54, 1.807) is 50.0 Å². The van der Waals surface area contributed by atoms with Gasteiger partial charge in [0.15, 0.2) is 16.5 Å². The molecule has 1 aliphatic rings. The molecule has 0 spiro atoms. The fraction of sp³-hybridized carbons (Fsp3) is 0.302. The summed E-state index contributed by atoms with van der Waals surface area (Å²) in [5.41, 5.74) is -0.587. The van der Waals surface area contributed by atoms with Crippen molar-refractivity contribution < 1.29 is 110 Å². The van der Waals surface area contributed by atoms with Crippen LogP contribution in [0.3, 0.4) is 0 Å². The molecule has 1 heterocycles. The third kappa shape index (κ3) is 14.9. The van der Waals surface area contributed by atoms with Crippen molar-refractivity contribution in [1.82, 2.24) is 0 Å². The van der Waals surface area contributed by atoms with Crippen LogP contribution in [0.4, 0.5) is 23.2 Å². The number of benzene rings is 5. The minimum Gasteiger partial charge on any atom is -0.420 e. The third-order valence-corrected chi connectivity index (χ3v) is 19.4. The Labute approximate surface area is 487 Å². The average Bonchev–Trinajstić information content (AvgIpc) is 1.68. The van der Waals surface area contributed by atoms with Crippen molar-refractivity contribution in [2.75, 3.05) is 30.9 Å². The van der Waals surface area contributed by atoms with E-state index in [2.05, 4.69) is 11.3 Å². The molecule has 0 saturated carbocycles. The fourth-order valence-electron chi connectivity index (χ4n) is 10.3. The molecule has 85 heavy (non-hydrogen) atoms. The van der Waals surface area contributed by atoms with Gasteiger partial charge in [0.1, 0.15) is 9.79 Å². The van der Waals surface area contributed by atoms with Crippen LogP contribution in [-0.4, -0.2) is 110 Å². The quantitative estimate of drug-likeness (QED) is 0.00603. The van der Waals surface area contributed by atoms with E-state index in [4.69, 9.17) is 9.29 Å². The van der Waals surface area contributed by atoms with Crippen LogP contribution in [0, 0.1) is 30.2 Å². The first-order chi connectivity index (χ1) is 39.1. The number of halogens is 4. The van der Waals surface area contributed by atoms with Gasteiger partial charge in [-0.05, 0) is 115 Å². The zero-order valence-corrected chi connectivity index (χ0v) is 50.1. The second-order valence-corrected chi connectivity index (χ2v) is 28.5. The highest BCUT2D eigenvalue weighted by Gasteiger charge is 2.45. The van der Waals surface area contributed by atoms with Crippen molar-refractivity contribution in [3.05, 3.63) is 149 Å². The smallest absolute Gasteiger partial charge is 0.311 e. The molecule has 0 amide bonds. The molecule has 0 aliphatic carbocycles. The molecule has 0 aromatic heterocycles. The number of esters is 1. The molecule has 2 unspecified atom stereocenters. The largest absolute Gasteiger partial charge is 0.420 e. The highest BCUT2D eigenvalue weighted by atomic mass is 32.2. The molecule has 5 aromatic carbocycles. The van der Waals surface area contributed by atoms with Gasteiger partial charge in [0, 0.05) is 59.7 Å². The number of unbranched alkanes of at least 4 members (excludes halogenated alkanes) is 2. The van der Waals surface area contributed by atoms with Crippen molar-refractivity contribution in [2.45, 2.75) is 101 Å². The van der Waals surface area contributed by atoms with E-state index >= 15 is 0 Å². The lowest BCUT2D eigenvalue weighted by Gasteiger charge is -2.34. The van der Waals surface area contributed by atoms with E-state index in [0.717, 1.165) is 12.1 Å². The molecule has 0 fully saturated rings. The number of nitrogens with zero attached hydrogens (tertiary/aromatic N) is 1. The highest BCUT2D eigenvalue weighted by Crippen LogP contribution is 2.54. The van der Waals surface area contributed by atoms with Gasteiger partial charge in [-0.15, -0.1) is 0 Å². The third-order valence-electron chi connectivity index (χ3n) is 14.2. The highest BCUT2D eigenvalue weighted by molar-refractivity contribution is 7.87. The number of carbonyl (C=O) groups is 1. The predicted molar refractivity (Wildman–Crippen MR) is 301 cm³/mol. The lowest BCUT2D eigenvalue weighted by molar-refractivity contribution is -0.135. The van der Waals surface area contributed by atoms with Gasteiger partial charge in [0.05, 0.1) is 15.5 Å². The van der Waals surface area contributed by atoms with Crippen LogP contribution in [0.5, 0.6) is 5.75 Å². The van der Waals surface area contributed by atoms with E-state index < -0.39 is 143 Å². The van der Waals surface area contributed by atoms with E-state index in [0.29, 0.717) is 34.6 Å². The van der Waals surface area contributed by atoms with Gasteiger partial charge in [0.25, 0.3) is 50.6 Å². The fourth-order valence-corrected chi connectivity index (χ4v) is 14.1. The number of hydrogen-bond donors (Lipinski definition) is 6. The number of methoxy groups -OCH3 is 1. The summed E-state index contributed by atoms with van der Waals surface area (Å²) in [5, 5.41) is -0.386. The van der Waals surface area contributed by atoms with Crippen molar-refractivity contribution >= 4 is 93.9 Å². The second kappa shape index (κ2) is 25.2. The number of ether oxygens (including phenoxy) is 2. The summed E-state index contributed by atoms with van der Waals surface area (Å²) in [6.07, 6.45) is 10.3. The van der Waals surface area contributed by atoms with E-state index in [1.807, 2.05) is 0 Å². The molecule has 0 saturated heterocycles. The van der Waals surface area contributed by atoms with Gasteiger partial charge in [-0.25, -0.2) is 8.78 Å². The summed E-state index contributed by atoms with van der Waals surface area (Å²) < 4.78 is 274. The average molecular weight is 1310 g/mol. The first-order valence-corrected chi connectivity index (χ1v) is 33.7. The molecule has 462 valence electrons. The molecule has 32 heteroatoms. The predicted octanol–water partition coefficient (Wildman–Crippen LogP) is 9.11. The number of aryl methyl sites for hydroxylation is 1. The van der Waals surface area contributed by atoms with E-state index in [1.165, 1.54) is 49.6 Å². The maximum Gasteiger partial charge on any atom is 0.311 e. The SMILES string of the molecule is C=C(/C=C/C=C/C=C/C=C1/N(CCCCCC(=O)Oc2c(F)c(F)c(S(=O)(=O)O)c(F)c2F)c2ccc3c(S(=O)(=O)O)cc(S(=O)(=O)O)cc3c2C1(C)CCOC)C(C)(CCCS(=O)(=O)O)c1c(C)ccc2c(S(=O)(=O)O)cc(S(=O)(=O)O)cc12. The van der Waals surface area contributed by atoms with Gasteiger partial charge in [0.2, 0.25) is 17.4 Å². The molecule has 6 rings (SSSR count). The van der Waals surface area contributed by atoms with Crippen molar-refractivity contribution in [3.8, 4) is 5.75 Å². The summed E-state index contributed by atoms with van der Waals surface area (Å²) in [7, 11) is -29.4. The number of allylic oxidation sites excluding steroid dienone is 9. The van der Waals surface area contributed by atoms with Crippen molar-refractivity contribution in [3.63, 3.8) is 0 Å².